The molecule has 3 N–H and O–H groups in total. The van der Waals surface area contributed by atoms with Gasteiger partial charge in [-0.15, -0.1) is 0 Å². The van der Waals surface area contributed by atoms with Crippen molar-refractivity contribution in [1.82, 2.24) is 0 Å². The highest BCUT2D eigenvalue weighted by atomic mass is 16.5. The normalized spacial score (nSPS) is 13.2. The fraction of sp³-hybridized carbons (Fsp3) is 0.192. The van der Waals surface area contributed by atoms with Crippen LogP contribution in [0.5, 0.6) is 0 Å². The summed E-state index contributed by atoms with van der Waals surface area (Å²) in [6.07, 6.45) is 0.956. The Morgan fingerprint density at radius 1 is 0.844 bits per heavy atom. The van der Waals surface area contributed by atoms with Gasteiger partial charge in [0.25, 0.3) is 0 Å². The maximum absolute atomic E-state index is 13.0. The largest absolute Gasteiger partial charge is 0.464 e. The maximum atomic E-state index is 13.0. The second-order valence-electron chi connectivity index (χ2n) is 7.68. The van der Waals surface area contributed by atoms with Gasteiger partial charge in [0.2, 0.25) is 0 Å². The van der Waals surface area contributed by atoms with E-state index >= 15 is 0 Å². The molecular formula is C26H24N2O4. The number of ether oxygens (including phenoxy) is 1. The Labute approximate surface area is 186 Å². The van der Waals surface area contributed by atoms with Crippen molar-refractivity contribution in [2.75, 3.05) is 18.5 Å². The van der Waals surface area contributed by atoms with Gasteiger partial charge in [-0.25, -0.2) is 0 Å². The van der Waals surface area contributed by atoms with E-state index in [-0.39, 0.29) is 18.2 Å². The lowest BCUT2D eigenvalue weighted by Gasteiger charge is -2.20. The first kappa shape index (κ1) is 21.5. The molecule has 0 radical (unpaired) electrons. The van der Waals surface area contributed by atoms with Crippen LogP contribution in [0.25, 0.3) is 0 Å². The van der Waals surface area contributed by atoms with Crippen molar-refractivity contribution in [2.24, 2.45) is 5.73 Å². The van der Waals surface area contributed by atoms with Crippen LogP contribution < -0.4 is 11.1 Å². The summed E-state index contributed by atoms with van der Waals surface area (Å²) in [5.74, 6) is -0.764. The van der Waals surface area contributed by atoms with Crippen molar-refractivity contribution >= 4 is 23.2 Å². The van der Waals surface area contributed by atoms with E-state index < -0.39 is 12.0 Å². The molecule has 0 unspecified atom stereocenters. The molecule has 0 aromatic heterocycles. The van der Waals surface area contributed by atoms with Crippen molar-refractivity contribution in [3.05, 3.63) is 101 Å². The Morgan fingerprint density at radius 3 is 2.25 bits per heavy atom. The second kappa shape index (κ2) is 9.58. The zero-order valence-corrected chi connectivity index (χ0v) is 17.5. The van der Waals surface area contributed by atoms with Crippen LogP contribution in [0.3, 0.4) is 0 Å². The van der Waals surface area contributed by atoms with Crippen LogP contribution in [0.1, 0.15) is 43.8 Å². The molecule has 0 saturated heterocycles. The second-order valence-corrected chi connectivity index (χ2v) is 7.68. The summed E-state index contributed by atoms with van der Waals surface area (Å²) in [6, 6.07) is 20.9. The van der Waals surface area contributed by atoms with Crippen LogP contribution in [0.4, 0.5) is 5.69 Å². The minimum absolute atomic E-state index is 0.153. The number of hydrogen-bond acceptors (Lipinski definition) is 6. The summed E-state index contributed by atoms with van der Waals surface area (Å²) in [5.41, 5.74) is 9.15. The van der Waals surface area contributed by atoms with Crippen LogP contribution in [0.15, 0.2) is 72.8 Å². The molecule has 0 fully saturated rings. The molecule has 3 aromatic rings. The number of fused-ring (bicyclic) bond motifs is 2. The highest BCUT2D eigenvalue weighted by molar-refractivity contribution is 6.30. The summed E-state index contributed by atoms with van der Waals surface area (Å²) in [5, 5.41) is 3.20. The van der Waals surface area contributed by atoms with Crippen LogP contribution >= 0.6 is 0 Å². The van der Waals surface area contributed by atoms with E-state index in [0.29, 0.717) is 47.3 Å². The van der Waals surface area contributed by atoms with E-state index in [0.717, 1.165) is 5.56 Å². The van der Waals surface area contributed by atoms with Gasteiger partial charge in [-0.3, -0.25) is 14.4 Å². The zero-order valence-electron chi connectivity index (χ0n) is 17.5. The molecule has 0 spiro atoms. The minimum atomic E-state index is -0.713. The van der Waals surface area contributed by atoms with Gasteiger partial charge in [-0.1, -0.05) is 66.7 Å². The minimum Gasteiger partial charge on any atom is -0.464 e. The number of esters is 1. The number of hydrogen-bond donors (Lipinski definition) is 2. The van der Waals surface area contributed by atoms with E-state index in [4.69, 9.17) is 10.5 Å². The molecular weight excluding hydrogens is 404 g/mol. The van der Waals surface area contributed by atoms with Gasteiger partial charge in [-0.2, -0.15) is 0 Å². The third kappa shape index (κ3) is 4.45. The van der Waals surface area contributed by atoms with E-state index in [9.17, 15) is 14.4 Å². The summed E-state index contributed by atoms with van der Waals surface area (Å²) < 4.78 is 5.29. The standard InChI is InChI=1S/C26H24N2O4/c27-21(16-17-8-2-1-3-9-17)26(31)32-15-7-14-28-22-13-6-12-20-23(22)25(30)19-11-5-4-10-18(19)24(20)29/h1-6,8-13,21,28H,7,14-16,27H2/t21-/m0/s1. The Morgan fingerprint density at radius 2 is 1.50 bits per heavy atom. The molecule has 1 aliphatic rings. The van der Waals surface area contributed by atoms with Gasteiger partial charge in [0.05, 0.1) is 12.2 Å². The van der Waals surface area contributed by atoms with Crippen LogP contribution in [0.2, 0.25) is 0 Å². The highest BCUT2D eigenvalue weighted by Crippen LogP contribution is 2.31. The quantitative estimate of drug-likeness (QED) is 0.330. The van der Waals surface area contributed by atoms with Crippen molar-refractivity contribution in [2.45, 2.75) is 18.9 Å². The number of nitrogens with two attached hydrogens (primary N) is 1. The lowest BCUT2D eigenvalue weighted by molar-refractivity contribution is -0.145. The Hall–Kier alpha value is -3.77. The first-order chi connectivity index (χ1) is 15.6. The van der Waals surface area contributed by atoms with Crippen molar-refractivity contribution in [3.63, 3.8) is 0 Å². The molecule has 162 valence electrons. The maximum Gasteiger partial charge on any atom is 0.323 e. The van der Waals surface area contributed by atoms with E-state index in [2.05, 4.69) is 5.32 Å². The number of carbonyl (C=O) groups is 3. The van der Waals surface area contributed by atoms with Crippen LogP contribution in [0, 0.1) is 0 Å². The first-order valence-corrected chi connectivity index (χ1v) is 10.6. The van der Waals surface area contributed by atoms with Gasteiger partial charge < -0.3 is 15.8 Å². The number of rotatable bonds is 8. The number of ketones is 2. The molecule has 0 aliphatic heterocycles. The topological polar surface area (TPSA) is 98.5 Å². The summed E-state index contributed by atoms with van der Waals surface area (Å²) >= 11 is 0. The van der Waals surface area contributed by atoms with Crippen LogP contribution in [-0.4, -0.2) is 36.7 Å². The van der Waals surface area contributed by atoms with Crippen molar-refractivity contribution < 1.29 is 19.1 Å². The van der Waals surface area contributed by atoms with Crippen molar-refractivity contribution in [3.8, 4) is 0 Å². The lowest BCUT2D eigenvalue weighted by Crippen LogP contribution is -2.34. The molecule has 6 nitrogen and oxygen atoms in total. The fourth-order valence-corrected chi connectivity index (χ4v) is 3.82. The summed E-state index contributed by atoms with van der Waals surface area (Å²) in [4.78, 5) is 37.9. The Kier molecular flexibility index (Phi) is 6.42. The number of carbonyl (C=O) groups excluding carboxylic acids is 3. The molecule has 0 saturated carbocycles. The van der Waals surface area contributed by atoms with Gasteiger partial charge in [0.15, 0.2) is 11.6 Å². The Balaban J connectivity index is 1.31. The predicted molar refractivity (Wildman–Crippen MR) is 122 cm³/mol. The van der Waals surface area contributed by atoms with Crippen molar-refractivity contribution in [1.29, 1.82) is 0 Å². The smallest absolute Gasteiger partial charge is 0.323 e. The number of nitrogens with one attached hydrogen (secondary N) is 1. The summed E-state index contributed by atoms with van der Waals surface area (Å²) in [6.45, 7) is 0.680. The molecule has 6 heteroatoms. The fourth-order valence-electron chi connectivity index (χ4n) is 3.82. The average Bonchev–Trinajstić information content (AvgIpc) is 2.82. The van der Waals surface area contributed by atoms with Gasteiger partial charge in [-0.05, 0) is 24.5 Å². The molecule has 1 aliphatic carbocycles. The molecule has 32 heavy (non-hydrogen) atoms. The third-order valence-corrected chi connectivity index (χ3v) is 5.43. The molecule has 3 aromatic carbocycles. The van der Waals surface area contributed by atoms with Gasteiger partial charge >= 0.3 is 5.97 Å². The van der Waals surface area contributed by atoms with Gasteiger partial charge in [0, 0.05) is 28.9 Å². The SMILES string of the molecule is N[C@@H](Cc1ccccc1)C(=O)OCCCNc1cccc2c1C(=O)c1ccccc1C2=O. The summed E-state index contributed by atoms with van der Waals surface area (Å²) in [7, 11) is 0. The van der Waals surface area contributed by atoms with Gasteiger partial charge in [0.1, 0.15) is 6.04 Å². The molecule has 0 bridgehead atoms. The highest BCUT2D eigenvalue weighted by Gasteiger charge is 2.31. The zero-order chi connectivity index (χ0) is 22.5. The average molecular weight is 428 g/mol. The van der Waals surface area contributed by atoms with Crippen LogP contribution in [-0.2, 0) is 16.0 Å². The van der Waals surface area contributed by atoms with E-state index in [1.54, 1.807) is 42.5 Å². The lowest BCUT2D eigenvalue weighted by atomic mass is 9.83. The molecule has 1 atom stereocenters. The molecule has 4 rings (SSSR count). The third-order valence-electron chi connectivity index (χ3n) is 5.43. The number of benzene rings is 3. The first-order valence-electron chi connectivity index (χ1n) is 10.6. The molecule has 0 amide bonds. The monoisotopic (exact) mass is 428 g/mol. The van der Waals surface area contributed by atoms with E-state index in [1.165, 1.54) is 0 Å². The molecule has 0 heterocycles. The predicted octanol–water partition coefficient (Wildman–Crippen LogP) is 3.38. The van der Waals surface area contributed by atoms with E-state index in [1.807, 2.05) is 30.3 Å². The Bertz CT molecular complexity index is 1160. The number of anilines is 1.